The highest BCUT2D eigenvalue weighted by Gasteiger charge is 2.18. The fourth-order valence-electron chi connectivity index (χ4n) is 2.38. The number of aryl methyl sites for hydroxylation is 1. The van der Waals surface area contributed by atoms with E-state index in [1.807, 2.05) is 24.3 Å². The van der Waals surface area contributed by atoms with Crippen molar-refractivity contribution < 1.29 is 0 Å². The second kappa shape index (κ2) is 7.61. The summed E-state index contributed by atoms with van der Waals surface area (Å²) in [5, 5.41) is 7.96. The quantitative estimate of drug-likeness (QED) is 0.740. The Labute approximate surface area is 142 Å². The molecule has 2 nitrogen and oxygen atoms in total. The van der Waals surface area contributed by atoms with Crippen LogP contribution in [0.4, 0.5) is 5.69 Å². The van der Waals surface area contributed by atoms with Crippen LogP contribution in [0, 0.1) is 12.8 Å². The topological polar surface area (TPSA) is 24.1 Å². The zero-order chi connectivity index (χ0) is 16.1. The maximum Gasteiger partial charge on any atom is 0.171 e. The number of benzene rings is 2. The van der Waals surface area contributed by atoms with Crippen molar-refractivity contribution in [2.24, 2.45) is 5.92 Å². The van der Waals surface area contributed by atoms with E-state index >= 15 is 0 Å². The molecule has 0 spiro atoms. The van der Waals surface area contributed by atoms with Crippen LogP contribution in [0.15, 0.2) is 48.5 Å². The van der Waals surface area contributed by atoms with E-state index in [1.165, 1.54) is 11.1 Å². The summed E-state index contributed by atoms with van der Waals surface area (Å²) in [6.45, 7) is 6.51. The third-order valence-electron chi connectivity index (χ3n) is 3.58. The Hall–Kier alpha value is -1.58. The van der Waals surface area contributed by atoms with Gasteiger partial charge in [-0.05, 0) is 60.5 Å². The number of thiocarbonyl (C=S) groups is 1. The van der Waals surface area contributed by atoms with Crippen molar-refractivity contribution in [3.63, 3.8) is 0 Å². The molecule has 0 unspecified atom stereocenters. The highest BCUT2D eigenvalue weighted by Crippen LogP contribution is 2.24. The van der Waals surface area contributed by atoms with Gasteiger partial charge in [0.25, 0.3) is 0 Å². The number of anilines is 1. The number of rotatable bonds is 4. The molecule has 0 saturated carbocycles. The number of nitrogens with one attached hydrogen (secondary N) is 2. The largest absolute Gasteiger partial charge is 0.355 e. The molecule has 0 fully saturated rings. The van der Waals surface area contributed by atoms with Crippen molar-refractivity contribution >= 4 is 34.6 Å². The predicted molar refractivity (Wildman–Crippen MR) is 99.6 cm³/mol. The molecule has 0 aliphatic rings. The maximum absolute atomic E-state index is 5.90. The molecule has 2 rings (SSSR count). The lowest BCUT2D eigenvalue weighted by molar-refractivity contribution is 0.471. The second-order valence-corrected chi connectivity index (χ2v) is 6.53. The highest BCUT2D eigenvalue weighted by molar-refractivity contribution is 7.80. The number of hydrogen-bond acceptors (Lipinski definition) is 1. The van der Waals surface area contributed by atoms with Crippen molar-refractivity contribution in [1.82, 2.24) is 5.32 Å². The Morgan fingerprint density at radius 3 is 2.27 bits per heavy atom. The van der Waals surface area contributed by atoms with Gasteiger partial charge in [-0.15, -0.1) is 0 Å². The molecule has 0 saturated heterocycles. The molecular formula is C18H21ClN2S. The van der Waals surface area contributed by atoms with Crippen LogP contribution in [0.25, 0.3) is 0 Å². The average molecular weight is 333 g/mol. The summed E-state index contributed by atoms with van der Waals surface area (Å²) in [7, 11) is 0. The van der Waals surface area contributed by atoms with Crippen LogP contribution in [0.3, 0.4) is 0 Å². The molecule has 0 aliphatic carbocycles. The lowest BCUT2D eigenvalue weighted by Crippen LogP contribution is -2.35. The van der Waals surface area contributed by atoms with E-state index in [4.69, 9.17) is 23.8 Å². The van der Waals surface area contributed by atoms with Crippen LogP contribution in [0.2, 0.25) is 5.02 Å². The first-order valence-corrected chi connectivity index (χ1v) is 8.14. The second-order valence-electron chi connectivity index (χ2n) is 5.68. The molecule has 2 aromatic rings. The van der Waals surface area contributed by atoms with Gasteiger partial charge in [-0.1, -0.05) is 49.7 Å². The van der Waals surface area contributed by atoms with Gasteiger partial charge in [0, 0.05) is 10.7 Å². The summed E-state index contributed by atoms with van der Waals surface area (Å²) in [6.07, 6.45) is 0. The zero-order valence-electron chi connectivity index (χ0n) is 13.1. The molecule has 2 aromatic carbocycles. The Morgan fingerprint density at radius 2 is 1.68 bits per heavy atom. The van der Waals surface area contributed by atoms with Crippen molar-refractivity contribution in [3.05, 3.63) is 64.7 Å². The monoisotopic (exact) mass is 332 g/mol. The molecule has 0 bridgehead atoms. The lowest BCUT2D eigenvalue weighted by Gasteiger charge is -2.26. The minimum absolute atomic E-state index is 0.175. The lowest BCUT2D eigenvalue weighted by atomic mass is 9.93. The van der Waals surface area contributed by atoms with Gasteiger partial charge in [-0.2, -0.15) is 0 Å². The van der Waals surface area contributed by atoms with Gasteiger partial charge in [0.2, 0.25) is 0 Å². The standard InChI is InChI=1S/C18H21ClN2S/c1-12(2)17(16-7-5-4-6-13(16)3)21-18(22)20-15-10-8-14(19)9-11-15/h4-12,17H,1-3H3,(H2,20,21,22)/t17-/m1/s1. The van der Waals surface area contributed by atoms with Crippen LogP contribution < -0.4 is 10.6 Å². The van der Waals surface area contributed by atoms with Crippen LogP contribution in [0.1, 0.15) is 31.0 Å². The van der Waals surface area contributed by atoms with Crippen LogP contribution in [-0.2, 0) is 0 Å². The van der Waals surface area contributed by atoms with Crippen molar-refractivity contribution in [3.8, 4) is 0 Å². The summed E-state index contributed by atoms with van der Waals surface area (Å²) < 4.78 is 0. The van der Waals surface area contributed by atoms with E-state index in [1.54, 1.807) is 0 Å². The summed E-state index contributed by atoms with van der Waals surface area (Å²) in [5.74, 6) is 0.422. The summed E-state index contributed by atoms with van der Waals surface area (Å²) in [4.78, 5) is 0. The third kappa shape index (κ3) is 4.46. The smallest absolute Gasteiger partial charge is 0.171 e. The van der Waals surface area contributed by atoms with E-state index < -0.39 is 0 Å². The van der Waals surface area contributed by atoms with Crippen molar-refractivity contribution in [1.29, 1.82) is 0 Å². The van der Waals surface area contributed by atoms with Gasteiger partial charge < -0.3 is 10.6 Å². The maximum atomic E-state index is 5.90. The summed E-state index contributed by atoms with van der Waals surface area (Å²) in [6, 6.07) is 16.1. The molecule has 0 aliphatic heterocycles. The third-order valence-corrected chi connectivity index (χ3v) is 4.05. The number of hydrogen-bond donors (Lipinski definition) is 2. The van der Waals surface area contributed by atoms with E-state index in [-0.39, 0.29) is 6.04 Å². The van der Waals surface area contributed by atoms with Crippen LogP contribution in [-0.4, -0.2) is 5.11 Å². The van der Waals surface area contributed by atoms with Gasteiger partial charge >= 0.3 is 0 Å². The fraction of sp³-hybridized carbons (Fsp3) is 0.278. The fourth-order valence-corrected chi connectivity index (χ4v) is 2.75. The predicted octanol–water partition coefficient (Wildman–Crippen LogP) is 5.33. The molecule has 22 heavy (non-hydrogen) atoms. The normalized spacial score (nSPS) is 12.0. The van der Waals surface area contributed by atoms with Crippen LogP contribution >= 0.6 is 23.8 Å². The Bertz CT molecular complexity index is 638. The van der Waals surface area contributed by atoms with Gasteiger partial charge in [-0.3, -0.25) is 0 Å². The van der Waals surface area contributed by atoms with Crippen molar-refractivity contribution in [2.75, 3.05) is 5.32 Å². The summed E-state index contributed by atoms with van der Waals surface area (Å²) in [5.41, 5.74) is 3.47. The Balaban J connectivity index is 2.10. The van der Waals surface area contributed by atoms with E-state index in [2.05, 4.69) is 55.7 Å². The Morgan fingerprint density at radius 1 is 1.05 bits per heavy atom. The molecule has 0 heterocycles. The van der Waals surface area contributed by atoms with Gasteiger partial charge in [-0.25, -0.2) is 0 Å². The van der Waals surface area contributed by atoms with Gasteiger partial charge in [0.1, 0.15) is 0 Å². The van der Waals surface area contributed by atoms with E-state index in [0.29, 0.717) is 16.1 Å². The molecular weight excluding hydrogens is 312 g/mol. The van der Waals surface area contributed by atoms with E-state index in [0.717, 1.165) is 5.69 Å². The average Bonchev–Trinajstić information content (AvgIpc) is 2.48. The van der Waals surface area contributed by atoms with Gasteiger partial charge in [0.05, 0.1) is 6.04 Å². The molecule has 0 amide bonds. The van der Waals surface area contributed by atoms with Crippen LogP contribution in [0.5, 0.6) is 0 Å². The first-order chi connectivity index (χ1) is 10.5. The zero-order valence-corrected chi connectivity index (χ0v) is 14.6. The van der Waals surface area contributed by atoms with E-state index in [9.17, 15) is 0 Å². The molecule has 0 aromatic heterocycles. The van der Waals surface area contributed by atoms with Crippen molar-refractivity contribution in [2.45, 2.75) is 26.8 Å². The molecule has 1 atom stereocenters. The molecule has 0 radical (unpaired) electrons. The minimum Gasteiger partial charge on any atom is -0.355 e. The van der Waals surface area contributed by atoms with Gasteiger partial charge in [0.15, 0.2) is 5.11 Å². The Kier molecular flexibility index (Phi) is 5.81. The summed E-state index contributed by atoms with van der Waals surface area (Å²) >= 11 is 11.3. The highest BCUT2D eigenvalue weighted by atomic mass is 35.5. The molecule has 116 valence electrons. The minimum atomic E-state index is 0.175. The SMILES string of the molecule is Cc1ccccc1[C@H](NC(=S)Nc1ccc(Cl)cc1)C(C)C. The first-order valence-electron chi connectivity index (χ1n) is 7.36. The molecule has 4 heteroatoms. The molecule has 2 N–H and O–H groups in total. The first kappa shape index (κ1) is 16.8. The number of halogens is 1.